The normalized spacial score (nSPS) is 17.8. The van der Waals surface area contributed by atoms with Crippen LogP contribution in [0.5, 0.6) is 0 Å². The van der Waals surface area contributed by atoms with Crippen molar-refractivity contribution >= 4 is 17.2 Å². The smallest absolute Gasteiger partial charge is 0.263 e. The van der Waals surface area contributed by atoms with Gasteiger partial charge in [-0.1, -0.05) is 25.7 Å². The summed E-state index contributed by atoms with van der Waals surface area (Å²) in [6.45, 7) is 8.64. The van der Waals surface area contributed by atoms with Crippen LogP contribution >= 0.6 is 11.3 Å². The van der Waals surface area contributed by atoms with E-state index in [1.165, 1.54) is 17.8 Å². The minimum absolute atomic E-state index is 0.154. The summed E-state index contributed by atoms with van der Waals surface area (Å²) >= 11 is 1.49. The van der Waals surface area contributed by atoms with Crippen LogP contribution in [-0.2, 0) is 0 Å². The first-order valence-corrected chi connectivity index (χ1v) is 8.33. The van der Waals surface area contributed by atoms with Crippen molar-refractivity contribution in [1.29, 1.82) is 0 Å². The summed E-state index contributed by atoms with van der Waals surface area (Å²) < 4.78 is 0. The number of carbonyl (C=O) groups is 1. The van der Waals surface area contributed by atoms with E-state index in [4.69, 9.17) is 5.73 Å². The SMILES string of the molecule is Cc1cc(C(=O)N2CCCC(C)(C)CC2)sc1C#CCN. The van der Waals surface area contributed by atoms with E-state index in [0.717, 1.165) is 41.2 Å². The average Bonchev–Trinajstić information content (AvgIpc) is 2.70. The Morgan fingerprint density at radius 2 is 2.19 bits per heavy atom. The van der Waals surface area contributed by atoms with Crippen LogP contribution in [0, 0.1) is 24.2 Å². The number of carbonyl (C=O) groups excluding carboxylic acids is 1. The average molecular weight is 304 g/mol. The number of nitrogens with two attached hydrogens (primary N) is 1. The third kappa shape index (κ3) is 4.09. The van der Waals surface area contributed by atoms with Crippen molar-refractivity contribution < 1.29 is 4.79 Å². The second-order valence-corrected chi connectivity index (χ2v) is 7.49. The van der Waals surface area contributed by atoms with Gasteiger partial charge in [-0.25, -0.2) is 0 Å². The summed E-state index contributed by atoms with van der Waals surface area (Å²) in [4.78, 5) is 16.4. The fraction of sp³-hybridized carbons (Fsp3) is 0.588. The number of amides is 1. The van der Waals surface area contributed by atoms with Gasteiger partial charge in [-0.3, -0.25) is 4.79 Å². The number of aryl methyl sites for hydroxylation is 1. The fourth-order valence-corrected chi connectivity index (χ4v) is 3.64. The molecule has 0 unspecified atom stereocenters. The molecule has 0 radical (unpaired) electrons. The predicted octanol–water partition coefficient (Wildman–Crippen LogP) is 3.02. The Hall–Kier alpha value is -1.31. The van der Waals surface area contributed by atoms with E-state index in [-0.39, 0.29) is 5.91 Å². The molecule has 1 fully saturated rings. The molecule has 0 aliphatic carbocycles. The molecule has 2 N–H and O–H groups in total. The highest BCUT2D eigenvalue weighted by Crippen LogP contribution is 2.31. The zero-order chi connectivity index (χ0) is 15.5. The monoisotopic (exact) mass is 304 g/mol. The van der Waals surface area contributed by atoms with Gasteiger partial charge in [0.15, 0.2) is 0 Å². The maximum Gasteiger partial charge on any atom is 0.263 e. The van der Waals surface area contributed by atoms with E-state index in [1.807, 2.05) is 17.9 Å². The molecule has 3 nitrogen and oxygen atoms in total. The Bertz CT molecular complexity index is 577. The molecule has 0 aromatic carbocycles. The fourth-order valence-electron chi connectivity index (χ4n) is 2.62. The summed E-state index contributed by atoms with van der Waals surface area (Å²) in [5.74, 6) is 6.06. The minimum atomic E-state index is 0.154. The van der Waals surface area contributed by atoms with Crippen molar-refractivity contribution in [2.45, 2.75) is 40.0 Å². The number of hydrogen-bond acceptors (Lipinski definition) is 3. The molecule has 0 bridgehead atoms. The van der Waals surface area contributed by atoms with Crippen molar-refractivity contribution in [3.8, 4) is 11.8 Å². The van der Waals surface area contributed by atoms with Crippen LogP contribution in [0.25, 0.3) is 0 Å². The lowest BCUT2D eigenvalue weighted by atomic mass is 9.85. The molecular formula is C17H24N2OS. The zero-order valence-electron chi connectivity index (χ0n) is 13.2. The Morgan fingerprint density at radius 1 is 1.43 bits per heavy atom. The molecule has 1 aromatic heterocycles. The van der Waals surface area contributed by atoms with Gasteiger partial charge in [0.25, 0.3) is 5.91 Å². The van der Waals surface area contributed by atoms with Gasteiger partial charge in [0.1, 0.15) is 0 Å². The van der Waals surface area contributed by atoms with E-state index in [0.29, 0.717) is 12.0 Å². The zero-order valence-corrected chi connectivity index (χ0v) is 14.0. The van der Waals surface area contributed by atoms with Gasteiger partial charge in [0, 0.05) is 13.1 Å². The highest BCUT2D eigenvalue weighted by molar-refractivity contribution is 7.14. The van der Waals surface area contributed by atoms with Crippen molar-refractivity contribution in [3.05, 3.63) is 21.4 Å². The molecule has 21 heavy (non-hydrogen) atoms. The molecule has 1 saturated heterocycles. The lowest BCUT2D eigenvalue weighted by Gasteiger charge is -2.23. The van der Waals surface area contributed by atoms with Crippen LogP contribution in [0.4, 0.5) is 0 Å². The number of rotatable bonds is 1. The Labute approximate surface area is 131 Å². The van der Waals surface area contributed by atoms with E-state index in [2.05, 4.69) is 25.7 Å². The van der Waals surface area contributed by atoms with Crippen LogP contribution in [0.15, 0.2) is 6.07 Å². The molecule has 0 atom stereocenters. The van der Waals surface area contributed by atoms with Gasteiger partial charge in [-0.15, -0.1) is 11.3 Å². The lowest BCUT2D eigenvalue weighted by Crippen LogP contribution is -2.31. The van der Waals surface area contributed by atoms with Crippen LogP contribution in [-0.4, -0.2) is 30.4 Å². The summed E-state index contributed by atoms with van der Waals surface area (Å²) in [6.07, 6.45) is 3.35. The van der Waals surface area contributed by atoms with Crippen molar-refractivity contribution in [1.82, 2.24) is 4.90 Å². The molecule has 1 amide bonds. The van der Waals surface area contributed by atoms with Crippen LogP contribution in [0.3, 0.4) is 0 Å². The second-order valence-electron chi connectivity index (χ2n) is 6.44. The molecule has 114 valence electrons. The molecule has 2 heterocycles. The highest BCUT2D eigenvalue weighted by Gasteiger charge is 2.26. The first-order chi connectivity index (χ1) is 9.93. The van der Waals surface area contributed by atoms with Gasteiger partial charge in [0.05, 0.1) is 16.3 Å². The molecule has 4 heteroatoms. The molecule has 2 rings (SSSR count). The van der Waals surface area contributed by atoms with E-state index in [9.17, 15) is 4.79 Å². The van der Waals surface area contributed by atoms with Crippen LogP contribution in [0.1, 0.15) is 53.2 Å². The molecule has 1 aliphatic rings. The highest BCUT2D eigenvalue weighted by atomic mass is 32.1. The summed E-state index contributed by atoms with van der Waals surface area (Å²) in [6, 6.07) is 1.96. The Morgan fingerprint density at radius 3 is 2.90 bits per heavy atom. The standard InChI is InChI=1S/C17H24N2OS/c1-13-12-15(21-14(13)6-4-9-18)16(20)19-10-5-7-17(2,3)8-11-19/h12H,5,7-11,18H2,1-3H3. The topological polar surface area (TPSA) is 46.3 Å². The number of nitrogens with zero attached hydrogens (tertiary/aromatic N) is 1. The van der Waals surface area contributed by atoms with Crippen LogP contribution in [0.2, 0.25) is 0 Å². The van der Waals surface area contributed by atoms with Gasteiger partial charge in [-0.05, 0) is 43.2 Å². The minimum Gasteiger partial charge on any atom is -0.338 e. The maximum absolute atomic E-state index is 12.7. The first kappa shape index (κ1) is 16.1. The first-order valence-electron chi connectivity index (χ1n) is 7.51. The number of likely N-dealkylation sites (tertiary alicyclic amines) is 1. The predicted molar refractivity (Wildman–Crippen MR) is 88.5 cm³/mol. The summed E-state index contributed by atoms with van der Waals surface area (Å²) in [5.41, 5.74) is 6.82. The van der Waals surface area contributed by atoms with Gasteiger partial charge in [0.2, 0.25) is 0 Å². The van der Waals surface area contributed by atoms with E-state index in [1.54, 1.807) is 0 Å². The van der Waals surface area contributed by atoms with Crippen molar-refractivity contribution in [3.63, 3.8) is 0 Å². The Kier molecular flexibility index (Phi) is 5.08. The van der Waals surface area contributed by atoms with Gasteiger partial charge in [-0.2, -0.15) is 0 Å². The van der Waals surface area contributed by atoms with Gasteiger partial charge >= 0.3 is 0 Å². The molecule has 0 spiro atoms. The number of hydrogen-bond donors (Lipinski definition) is 1. The lowest BCUT2D eigenvalue weighted by molar-refractivity contribution is 0.0762. The molecule has 1 aliphatic heterocycles. The van der Waals surface area contributed by atoms with Crippen LogP contribution < -0.4 is 5.73 Å². The van der Waals surface area contributed by atoms with E-state index >= 15 is 0 Å². The third-order valence-electron chi connectivity index (χ3n) is 4.06. The largest absolute Gasteiger partial charge is 0.338 e. The number of thiophene rings is 1. The molecule has 0 saturated carbocycles. The molecular weight excluding hydrogens is 280 g/mol. The van der Waals surface area contributed by atoms with Crippen molar-refractivity contribution in [2.75, 3.05) is 19.6 Å². The third-order valence-corrected chi connectivity index (χ3v) is 5.20. The summed E-state index contributed by atoms with van der Waals surface area (Å²) in [7, 11) is 0. The molecule has 1 aromatic rings. The van der Waals surface area contributed by atoms with Gasteiger partial charge < -0.3 is 10.6 Å². The van der Waals surface area contributed by atoms with E-state index < -0.39 is 0 Å². The second kappa shape index (κ2) is 6.64. The maximum atomic E-state index is 12.7. The summed E-state index contributed by atoms with van der Waals surface area (Å²) in [5, 5.41) is 0. The Balaban J connectivity index is 2.13. The quantitative estimate of drug-likeness (QED) is 0.811. The van der Waals surface area contributed by atoms with Crippen molar-refractivity contribution in [2.24, 2.45) is 11.1 Å².